The summed E-state index contributed by atoms with van der Waals surface area (Å²) in [6.07, 6.45) is -0.0720. The molecule has 1 N–H and O–H groups in total. The average Bonchev–Trinajstić information content (AvgIpc) is 2.71. The third-order valence-corrected chi connectivity index (χ3v) is 4.29. The number of hydrogen-bond acceptors (Lipinski definition) is 6. The number of hydrogen-bond donors (Lipinski definition) is 1. The fourth-order valence-electron chi connectivity index (χ4n) is 2.91. The van der Waals surface area contributed by atoms with E-state index in [1.165, 1.54) is 11.8 Å². The Morgan fingerprint density at radius 3 is 2.62 bits per heavy atom. The van der Waals surface area contributed by atoms with Gasteiger partial charge in [0.15, 0.2) is 19.0 Å². The maximum absolute atomic E-state index is 12.1. The molecule has 0 aliphatic carbocycles. The highest BCUT2D eigenvalue weighted by Gasteiger charge is 2.25. The molecule has 0 saturated carbocycles. The van der Waals surface area contributed by atoms with E-state index in [-0.39, 0.29) is 31.3 Å². The number of Topliss-reactive ketones (excluding diaryl/α,β-unsaturated/α-hetero) is 1. The van der Waals surface area contributed by atoms with Crippen molar-refractivity contribution in [1.82, 2.24) is 0 Å². The van der Waals surface area contributed by atoms with Crippen molar-refractivity contribution in [2.24, 2.45) is 0 Å². The lowest BCUT2D eigenvalue weighted by atomic mass is 10.1. The molecule has 29 heavy (non-hydrogen) atoms. The first-order valence-corrected chi connectivity index (χ1v) is 9.03. The zero-order chi connectivity index (χ0) is 20.8. The van der Waals surface area contributed by atoms with Gasteiger partial charge < -0.3 is 19.7 Å². The van der Waals surface area contributed by atoms with Crippen molar-refractivity contribution in [2.75, 3.05) is 30.0 Å². The van der Waals surface area contributed by atoms with Crippen LogP contribution in [0.25, 0.3) is 0 Å². The van der Waals surface area contributed by atoms with E-state index in [9.17, 15) is 19.2 Å². The van der Waals surface area contributed by atoms with Gasteiger partial charge in [-0.15, -0.1) is 0 Å². The van der Waals surface area contributed by atoms with E-state index in [1.54, 1.807) is 48.5 Å². The molecule has 2 aromatic rings. The van der Waals surface area contributed by atoms with Gasteiger partial charge in [0.1, 0.15) is 5.75 Å². The van der Waals surface area contributed by atoms with Crippen molar-refractivity contribution in [3.05, 3.63) is 54.1 Å². The van der Waals surface area contributed by atoms with Crippen molar-refractivity contribution >= 4 is 34.9 Å². The van der Waals surface area contributed by atoms with Crippen molar-refractivity contribution in [3.8, 4) is 5.75 Å². The maximum atomic E-state index is 12.1. The Bertz CT molecular complexity index is 956. The van der Waals surface area contributed by atoms with Gasteiger partial charge in [0.2, 0.25) is 0 Å². The molecule has 1 aliphatic rings. The second-order valence-electron chi connectivity index (χ2n) is 6.36. The molecule has 150 valence electrons. The molecule has 3 rings (SSSR count). The second kappa shape index (κ2) is 9.01. The molecule has 1 heterocycles. The normalized spacial score (nSPS) is 12.6. The van der Waals surface area contributed by atoms with E-state index >= 15 is 0 Å². The lowest BCUT2D eigenvalue weighted by Crippen LogP contribution is -2.40. The van der Waals surface area contributed by atoms with E-state index in [4.69, 9.17) is 9.47 Å². The smallest absolute Gasteiger partial charge is 0.308 e. The lowest BCUT2D eigenvalue weighted by molar-refractivity contribution is -0.147. The maximum Gasteiger partial charge on any atom is 0.308 e. The molecule has 0 aromatic heterocycles. The summed E-state index contributed by atoms with van der Waals surface area (Å²) in [6, 6.07) is 13.6. The van der Waals surface area contributed by atoms with Crippen molar-refractivity contribution in [1.29, 1.82) is 0 Å². The van der Waals surface area contributed by atoms with Crippen LogP contribution in [0, 0.1) is 0 Å². The highest BCUT2D eigenvalue weighted by atomic mass is 16.5. The molecule has 0 fully saturated rings. The van der Waals surface area contributed by atoms with Crippen LogP contribution in [0.2, 0.25) is 0 Å². The van der Waals surface area contributed by atoms with Crippen LogP contribution >= 0.6 is 0 Å². The zero-order valence-corrected chi connectivity index (χ0v) is 15.8. The Hall–Kier alpha value is -3.68. The predicted octanol–water partition coefficient (Wildman–Crippen LogP) is 2.19. The van der Waals surface area contributed by atoms with Crippen molar-refractivity contribution in [3.63, 3.8) is 0 Å². The van der Waals surface area contributed by atoms with Gasteiger partial charge in [-0.3, -0.25) is 19.2 Å². The van der Waals surface area contributed by atoms with E-state index in [2.05, 4.69) is 5.32 Å². The van der Waals surface area contributed by atoms with Crippen molar-refractivity contribution in [2.45, 2.75) is 13.3 Å². The minimum atomic E-state index is -0.614. The quantitative estimate of drug-likeness (QED) is 0.569. The Morgan fingerprint density at radius 2 is 1.83 bits per heavy atom. The summed E-state index contributed by atoms with van der Waals surface area (Å²) in [7, 11) is 0. The van der Waals surface area contributed by atoms with Crippen molar-refractivity contribution < 1.29 is 28.7 Å². The molecule has 0 unspecified atom stereocenters. The number of nitrogens with one attached hydrogen (secondary N) is 1. The monoisotopic (exact) mass is 396 g/mol. The SMILES string of the molecule is CC(=O)c1ccccc1NC(=O)COC(=O)CCN1C(=O)COc2ccccc21. The number of ketones is 1. The van der Waals surface area contributed by atoms with Crippen LogP contribution in [0.5, 0.6) is 5.75 Å². The number of rotatable bonds is 7. The Kier molecular flexibility index (Phi) is 6.23. The van der Waals surface area contributed by atoms with Gasteiger partial charge in [-0.1, -0.05) is 24.3 Å². The highest BCUT2D eigenvalue weighted by molar-refractivity contribution is 6.04. The van der Waals surface area contributed by atoms with Crippen LogP contribution in [0.4, 0.5) is 11.4 Å². The fraction of sp³-hybridized carbons (Fsp3) is 0.238. The molecule has 2 amide bonds. The number of carbonyl (C=O) groups excluding carboxylic acids is 4. The number of nitrogens with zero attached hydrogens (tertiary/aromatic N) is 1. The number of fused-ring (bicyclic) bond motifs is 1. The van der Waals surface area contributed by atoms with Crippen LogP contribution in [0.1, 0.15) is 23.7 Å². The van der Waals surface area contributed by atoms with Gasteiger partial charge in [0, 0.05) is 12.1 Å². The van der Waals surface area contributed by atoms with Crippen LogP contribution in [0.3, 0.4) is 0 Å². The number of anilines is 2. The summed E-state index contributed by atoms with van der Waals surface area (Å²) in [5, 5.41) is 2.55. The standard InChI is InChI=1S/C21H20N2O6/c1-14(24)15-6-2-3-7-16(15)22-19(25)12-29-21(27)10-11-23-17-8-4-5-9-18(17)28-13-20(23)26/h2-9H,10-13H2,1H3,(H,22,25). The van der Waals surface area contributed by atoms with Gasteiger partial charge in [0.25, 0.3) is 11.8 Å². The second-order valence-corrected chi connectivity index (χ2v) is 6.36. The molecular weight excluding hydrogens is 376 g/mol. The average molecular weight is 396 g/mol. The van der Waals surface area contributed by atoms with Crippen LogP contribution < -0.4 is 15.0 Å². The minimum Gasteiger partial charge on any atom is -0.482 e. The molecule has 0 bridgehead atoms. The Labute approximate surface area is 167 Å². The van der Waals surface area contributed by atoms with E-state index in [0.29, 0.717) is 22.7 Å². The first-order valence-electron chi connectivity index (χ1n) is 9.03. The molecule has 1 aliphatic heterocycles. The molecular formula is C21H20N2O6. The number of para-hydroxylation sites is 3. The van der Waals surface area contributed by atoms with Gasteiger partial charge in [0.05, 0.1) is 17.8 Å². The highest BCUT2D eigenvalue weighted by Crippen LogP contribution is 2.31. The largest absolute Gasteiger partial charge is 0.482 e. The van der Waals surface area contributed by atoms with Gasteiger partial charge >= 0.3 is 5.97 Å². The van der Waals surface area contributed by atoms with E-state index < -0.39 is 18.5 Å². The van der Waals surface area contributed by atoms with Gasteiger partial charge in [-0.25, -0.2) is 0 Å². The predicted molar refractivity (Wildman–Crippen MR) is 105 cm³/mol. The topological polar surface area (TPSA) is 102 Å². The first kappa shape index (κ1) is 20.1. The number of esters is 1. The van der Waals surface area contributed by atoms with E-state index in [1.807, 2.05) is 0 Å². The van der Waals surface area contributed by atoms with Gasteiger partial charge in [-0.05, 0) is 31.2 Å². The minimum absolute atomic E-state index is 0.0720. The first-order chi connectivity index (χ1) is 14.0. The summed E-state index contributed by atoms with van der Waals surface area (Å²) in [5.74, 6) is -1.04. The summed E-state index contributed by atoms with van der Waals surface area (Å²) in [5.41, 5.74) is 1.32. The molecule has 2 aromatic carbocycles. The summed E-state index contributed by atoms with van der Waals surface area (Å²) >= 11 is 0. The van der Waals surface area contributed by atoms with Crippen LogP contribution in [0.15, 0.2) is 48.5 Å². The Morgan fingerprint density at radius 1 is 1.10 bits per heavy atom. The van der Waals surface area contributed by atoms with Gasteiger partial charge in [-0.2, -0.15) is 0 Å². The third kappa shape index (κ3) is 4.98. The third-order valence-electron chi connectivity index (χ3n) is 4.29. The number of benzene rings is 2. The molecule has 0 atom stereocenters. The Balaban J connectivity index is 1.50. The molecule has 0 saturated heterocycles. The number of carbonyl (C=O) groups is 4. The van der Waals surface area contributed by atoms with Crippen LogP contribution in [-0.4, -0.2) is 43.3 Å². The lowest BCUT2D eigenvalue weighted by Gasteiger charge is -2.28. The number of ether oxygens (including phenoxy) is 2. The fourth-order valence-corrected chi connectivity index (χ4v) is 2.91. The van der Waals surface area contributed by atoms with Crippen LogP contribution in [-0.2, 0) is 19.1 Å². The summed E-state index contributed by atoms with van der Waals surface area (Å²) < 4.78 is 10.3. The number of amides is 2. The molecule has 8 heteroatoms. The van der Waals surface area contributed by atoms with E-state index in [0.717, 1.165) is 0 Å². The summed E-state index contributed by atoms with van der Waals surface area (Å²) in [6.45, 7) is 0.936. The zero-order valence-electron chi connectivity index (χ0n) is 15.8. The molecule has 8 nitrogen and oxygen atoms in total. The molecule has 0 radical (unpaired) electrons. The molecule has 0 spiro atoms. The summed E-state index contributed by atoms with van der Waals surface area (Å²) in [4.78, 5) is 49.2.